The van der Waals surface area contributed by atoms with Crippen molar-refractivity contribution in [3.8, 4) is 0 Å². The van der Waals surface area contributed by atoms with E-state index in [1.807, 2.05) is 72.8 Å². The summed E-state index contributed by atoms with van der Waals surface area (Å²) in [6.45, 7) is 2.06. The molecule has 1 amide bonds. The molecule has 0 spiro atoms. The number of benzene rings is 4. The summed E-state index contributed by atoms with van der Waals surface area (Å²) in [6.07, 6.45) is 1.12. The number of rotatable bonds is 8. The number of carbonyl (C=O) groups excluding carboxylic acids is 1. The van der Waals surface area contributed by atoms with Crippen LogP contribution >= 0.6 is 0 Å². The summed E-state index contributed by atoms with van der Waals surface area (Å²) >= 11 is 0. The second-order valence-electron chi connectivity index (χ2n) is 7.88. The van der Waals surface area contributed by atoms with Crippen molar-refractivity contribution in [3.63, 3.8) is 0 Å². The molecule has 0 saturated carbocycles. The number of anilines is 1. The summed E-state index contributed by atoms with van der Waals surface area (Å²) < 4.78 is 29.4. The van der Waals surface area contributed by atoms with E-state index in [9.17, 15) is 13.2 Å². The Bertz CT molecular complexity index is 1350. The van der Waals surface area contributed by atoms with Gasteiger partial charge in [0.2, 0.25) is 15.9 Å². The average Bonchev–Trinajstić information content (AvgIpc) is 2.84. The fraction of sp³-hybridized carbons (Fsp3) is 0.148. The van der Waals surface area contributed by atoms with Crippen LogP contribution in [0.5, 0.6) is 0 Å². The van der Waals surface area contributed by atoms with Crippen LogP contribution in [0.4, 0.5) is 5.69 Å². The van der Waals surface area contributed by atoms with Crippen molar-refractivity contribution in [2.45, 2.75) is 30.7 Å². The van der Waals surface area contributed by atoms with Gasteiger partial charge < -0.3 is 5.32 Å². The summed E-state index contributed by atoms with van der Waals surface area (Å²) in [7, 11) is -3.96. The van der Waals surface area contributed by atoms with Gasteiger partial charge in [-0.15, -0.1) is 0 Å². The zero-order chi connectivity index (χ0) is 23.3. The lowest BCUT2D eigenvalue weighted by Crippen LogP contribution is -2.45. The molecule has 0 aliphatic heterocycles. The van der Waals surface area contributed by atoms with Crippen LogP contribution in [0.15, 0.2) is 102 Å². The molecule has 168 valence electrons. The predicted molar refractivity (Wildman–Crippen MR) is 133 cm³/mol. The highest BCUT2D eigenvalue weighted by Crippen LogP contribution is 2.23. The lowest BCUT2D eigenvalue weighted by molar-refractivity contribution is -0.117. The third-order valence-electron chi connectivity index (χ3n) is 5.57. The van der Waals surface area contributed by atoms with Crippen molar-refractivity contribution in [1.29, 1.82) is 0 Å². The fourth-order valence-corrected chi connectivity index (χ4v) is 5.20. The predicted octanol–water partition coefficient (Wildman–Crippen LogP) is 4.93. The second-order valence-corrected chi connectivity index (χ2v) is 9.56. The zero-order valence-corrected chi connectivity index (χ0v) is 19.2. The van der Waals surface area contributed by atoms with Gasteiger partial charge in [-0.25, -0.2) is 8.42 Å². The SMILES string of the molecule is CCc1ccc(NC(=O)C(Cc2ccccc2)NS(=O)(=O)c2cccc3ccccc23)cc1. The standard InChI is InChI=1S/C27H26N2O3S/c1-2-20-15-17-23(18-16-20)28-27(30)25(19-21-9-4-3-5-10-21)29-33(31,32)26-14-8-12-22-11-6-7-13-24(22)26/h3-18,25,29H,2,19H2,1H3,(H,28,30). The Labute approximate surface area is 194 Å². The first-order chi connectivity index (χ1) is 16.0. The number of hydrogen-bond acceptors (Lipinski definition) is 3. The van der Waals surface area contributed by atoms with E-state index in [0.29, 0.717) is 11.1 Å². The van der Waals surface area contributed by atoms with Gasteiger partial charge in [-0.05, 0) is 47.6 Å². The molecule has 0 fully saturated rings. The van der Waals surface area contributed by atoms with Gasteiger partial charge in [0.25, 0.3) is 0 Å². The maximum absolute atomic E-state index is 13.4. The highest BCUT2D eigenvalue weighted by Gasteiger charge is 2.27. The Morgan fingerprint density at radius 3 is 2.18 bits per heavy atom. The Morgan fingerprint density at radius 2 is 1.45 bits per heavy atom. The first kappa shape index (κ1) is 22.7. The van der Waals surface area contributed by atoms with Gasteiger partial charge in [0.05, 0.1) is 4.90 Å². The fourth-order valence-electron chi connectivity index (χ4n) is 3.77. The average molecular weight is 459 g/mol. The van der Waals surface area contributed by atoms with Crippen LogP contribution in [-0.2, 0) is 27.7 Å². The molecule has 0 aliphatic rings. The number of fused-ring (bicyclic) bond motifs is 1. The van der Waals surface area contributed by atoms with Crippen LogP contribution in [-0.4, -0.2) is 20.4 Å². The Balaban J connectivity index is 1.64. The Kier molecular flexibility index (Phi) is 6.87. The van der Waals surface area contributed by atoms with E-state index < -0.39 is 22.0 Å². The summed E-state index contributed by atoms with van der Waals surface area (Å²) in [6, 6.07) is 28.4. The molecule has 0 aliphatic carbocycles. The van der Waals surface area contributed by atoms with Crippen molar-refractivity contribution >= 4 is 32.4 Å². The quantitative estimate of drug-likeness (QED) is 0.393. The topological polar surface area (TPSA) is 75.3 Å². The molecule has 4 rings (SSSR count). The number of carbonyl (C=O) groups is 1. The van der Waals surface area contributed by atoms with Crippen LogP contribution in [0.25, 0.3) is 10.8 Å². The van der Waals surface area contributed by atoms with E-state index in [1.165, 1.54) is 0 Å². The normalized spacial score (nSPS) is 12.4. The van der Waals surface area contributed by atoms with Gasteiger partial charge in [-0.2, -0.15) is 4.72 Å². The highest BCUT2D eigenvalue weighted by atomic mass is 32.2. The summed E-state index contributed by atoms with van der Waals surface area (Å²) in [4.78, 5) is 13.4. The maximum atomic E-state index is 13.4. The summed E-state index contributed by atoms with van der Waals surface area (Å²) in [5.41, 5.74) is 2.64. The maximum Gasteiger partial charge on any atom is 0.242 e. The monoisotopic (exact) mass is 458 g/mol. The molecule has 2 N–H and O–H groups in total. The van der Waals surface area contributed by atoms with Crippen molar-refractivity contribution in [2.75, 3.05) is 5.32 Å². The first-order valence-corrected chi connectivity index (χ1v) is 12.4. The van der Waals surface area contributed by atoms with E-state index in [4.69, 9.17) is 0 Å². The molecule has 1 unspecified atom stereocenters. The van der Waals surface area contributed by atoms with E-state index >= 15 is 0 Å². The van der Waals surface area contributed by atoms with E-state index in [2.05, 4.69) is 17.0 Å². The van der Waals surface area contributed by atoms with Crippen molar-refractivity contribution in [3.05, 3.63) is 108 Å². The van der Waals surface area contributed by atoms with Crippen LogP contribution in [0.3, 0.4) is 0 Å². The number of nitrogens with one attached hydrogen (secondary N) is 2. The zero-order valence-electron chi connectivity index (χ0n) is 18.4. The molecule has 6 heteroatoms. The largest absolute Gasteiger partial charge is 0.325 e. The van der Waals surface area contributed by atoms with Gasteiger partial charge >= 0.3 is 0 Å². The minimum Gasteiger partial charge on any atom is -0.325 e. The number of hydrogen-bond donors (Lipinski definition) is 2. The van der Waals surface area contributed by atoms with E-state index in [1.54, 1.807) is 24.3 Å². The Morgan fingerprint density at radius 1 is 0.788 bits per heavy atom. The van der Waals surface area contributed by atoms with Crippen LogP contribution < -0.4 is 10.0 Å². The minimum absolute atomic E-state index is 0.152. The highest BCUT2D eigenvalue weighted by molar-refractivity contribution is 7.89. The smallest absolute Gasteiger partial charge is 0.242 e. The van der Waals surface area contributed by atoms with Crippen LogP contribution in [0, 0.1) is 0 Å². The molecule has 33 heavy (non-hydrogen) atoms. The Hall–Kier alpha value is -3.48. The lowest BCUT2D eigenvalue weighted by Gasteiger charge is -2.19. The molecular weight excluding hydrogens is 432 g/mol. The molecule has 0 radical (unpaired) electrons. The summed E-state index contributed by atoms with van der Waals surface area (Å²) in [5, 5.41) is 4.29. The molecule has 4 aromatic carbocycles. The number of aryl methyl sites for hydroxylation is 1. The summed E-state index contributed by atoms with van der Waals surface area (Å²) in [5.74, 6) is -0.410. The third-order valence-corrected chi connectivity index (χ3v) is 7.10. The molecule has 0 aromatic heterocycles. The first-order valence-electron chi connectivity index (χ1n) is 10.9. The molecule has 5 nitrogen and oxygen atoms in total. The van der Waals surface area contributed by atoms with Gasteiger partial charge in [0.1, 0.15) is 6.04 Å². The van der Waals surface area contributed by atoms with Gasteiger partial charge in [-0.3, -0.25) is 4.79 Å². The molecule has 0 heterocycles. The minimum atomic E-state index is -3.96. The molecule has 0 saturated heterocycles. The second kappa shape index (κ2) is 9.98. The van der Waals surface area contributed by atoms with Crippen molar-refractivity contribution < 1.29 is 13.2 Å². The molecule has 0 bridgehead atoms. The molecule has 4 aromatic rings. The lowest BCUT2D eigenvalue weighted by atomic mass is 10.1. The van der Waals surface area contributed by atoms with Crippen molar-refractivity contribution in [1.82, 2.24) is 4.72 Å². The number of sulfonamides is 1. The third kappa shape index (κ3) is 5.48. The van der Waals surface area contributed by atoms with Crippen molar-refractivity contribution in [2.24, 2.45) is 0 Å². The number of amides is 1. The van der Waals surface area contributed by atoms with Gasteiger partial charge in [0, 0.05) is 11.1 Å². The molecular formula is C27H26N2O3S. The van der Waals surface area contributed by atoms with E-state index in [-0.39, 0.29) is 11.3 Å². The van der Waals surface area contributed by atoms with E-state index in [0.717, 1.165) is 22.9 Å². The van der Waals surface area contributed by atoms with Gasteiger partial charge in [-0.1, -0.05) is 85.8 Å². The molecule has 1 atom stereocenters. The van der Waals surface area contributed by atoms with Crippen LogP contribution in [0.2, 0.25) is 0 Å². The van der Waals surface area contributed by atoms with Gasteiger partial charge in [0.15, 0.2) is 0 Å². The van der Waals surface area contributed by atoms with Crippen LogP contribution in [0.1, 0.15) is 18.1 Å².